The maximum absolute atomic E-state index is 13.3. The van der Waals surface area contributed by atoms with E-state index in [1.165, 1.54) is 6.42 Å². The lowest BCUT2D eigenvalue weighted by Gasteiger charge is -2.39. The van der Waals surface area contributed by atoms with Crippen LogP contribution in [0.5, 0.6) is 11.5 Å². The Hall–Kier alpha value is -3.03. The van der Waals surface area contributed by atoms with Gasteiger partial charge >= 0.3 is 0 Å². The van der Waals surface area contributed by atoms with Gasteiger partial charge in [-0.15, -0.1) is 0 Å². The minimum atomic E-state index is -0.0568. The highest BCUT2D eigenvalue weighted by molar-refractivity contribution is 5.83. The average Bonchev–Trinajstić information content (AvgIpc) is 3.53. The summed E-state index contributed by atoms with van der Waals surface area (Å²) in [6, 6.07) is 13.7. The molecular weight excluding hydrogens is 430 g/mol. The Labute approximate surface area is 199 Å². The second-order valence-electron chi connectivity index (χ2n) is 9.82. The molecule has 34 heavy (non-hydrogen) atoms. The van der Waals surface area contributed by atoms with Crippen molar-refractivity contribution in [2.24, 2.45) is 5.41 Å². The van der Waals surface area contributed by atoms with Gasteiger partial charge in [0, 0.05) is 55.9 Å². The lowest BCUT2D eigenvalue weighted by molar-refractivity contribution is 0.0680. The van der Waals surface area contributed by atoms with Crippen LogP contribution in [0.4, 0.5) is 5.69 Å². The maximum Gasteiger partial charge on any atom is 0.262 e. The predicted molar refractivity (Wildman–Crippen MR) is 133 cm³/mol. The number of rotatable bonds is 6. The van der Waals surface area contributed by atoms with Gasteiger partial charge in [0.1, 0.15) is 18.1 Å². The van der Waals surface area contributed by atoms with Crippen LogP contribution in [0.3, 0.4) is 0 Å². The van der Waals surface area contributed by atoms with Gasteiger partial charge in [0.15, 0.2) is 0 Å². The fourth-order valence-electron chi connectivity index (χ4n) is 5.47. The van der Waals surface area contributed by atoms with Crippen molar-refractivity contribution in [3.8, 4) is 17.2 Å². The van der Waals surface area contributed by atoms with E-state index in [2.05, 4.69) is 16.3 Å². The Bertz CT molecular complexity index is 1260. The van der Waals surface area contributed by atoms with Crippen LogP contribution in [0, 0.1) is 5.41 Å². The molecule has 3 saturated heterocycles. The summed E-state index contributed by atoms with van der Waals surface area (Å²) in [6.07, 6.45) is 5.32. The lowest BCUT2D eigenvalue weighted by atomic mass is 9.81. The van der Waals surface area contributed by atoms with Crippen LogP contribution in [0.15, 0.2) is 53.5 Å². The number of fused-ring (bicyclic) bond motifs is 1. The van der Waals surface area contributed by atoms with Crippen LogP contribution in [0.2, 0.25) is 0 Å². The van der Waals surface area contributed by atoms with Crippen LogP contribution in [0.1, 0.15) is 19.3 Å². The number of hydrogen-bond acceptors (Lipinski definition) is 6. The molecule has 178 valence electrons. The van der Waals surface area contributed by atoms with Crippen molar-refractivity contribution in [2.75, 3.05) is 51.4 Å². The molecule has 4 heterocycles. The van der Waals surface area contributed by atoms with E-state index < -0.39 is 0 Å². The largest absolute Gasteiger partial charge is 0.495 e. The summed E-state index contributed by atoms with van der Waals surface area (Å²) in [7, 11) is 1.70. The topological polar surface area (TPSA) is 65.0 Å². The predicted octanol–water partition coefficient (Wildman–Crippen LogP) is 3.36. The number of aromatic nitrogens is 1. The molecule has 3 aromatic rings. The molecule has 1 unspecified atom stereocenters. The van der Waals surface area contributed by atoms with E-state index in [1.807, 2.05) is 42.6 Å². The number of nitrogens with zero attached hydrogens (tertiary/aromatic N) is 2. The van der Waals surface area contributed by atoms with Gasteiger partial charge in [0.25, 0.3) is 5.56 Å². The number of anilines is 1. The van der Waals surface area contributed by atoms with Crippen molar-refractivity contribution in [2.45, 2.75) is 25.4 Å². The highest BCUT2D eigenvalue weighted by Gasteiger charge is 2.43. The van der Waals surface area contributed by atoms with Crippen LogP contribution in [0.25, 0.3) is 16.5 Å². The first-order valence-electron chi connectivity index (χ1n) is 12.2. The number of nitrogens with one attached hydrogen (secondary N) is 1. The molecule has 0 radical (unpaired) electrons. The summed E-state index contributed by atoms with van der Waals surface area (Å²) in [5.74, 6) is 1.56. The Kier molecular flexibility index (Phi) is 5.46. The molecule has 7 nitrogen and oxygen atoms in total. The third-order valence-corrected chi connectivity index (χ3v) is 7.56. The second-order valence-corrected chi connectivity index (χ2v) is 9.82. The Morgan fingerprint density at radius 3 is 2.82 bits per heavy atom. The van der Waals surface area contributed by atoms with E-state index in [4.69, 9.17) is 14.2 Å². The van der Waals surface area contributed by atoms with Crippen molar-refractivity contribution in [1.29, 1.82) is 0 Å². The van der Waals surface area contributed by atoms with E-state index in [0.717, 1.165) is 73.9 Å². The molecule has 3 aliphatic heterocycles. The Balaban J connectivity index is 1.25. The summed E-state index contributed by atoms with van der Waals surface area (Å²) in [5, 5.41) is 4.94. The van der Waals surface area contributed by atoms with E-state index >= 15 is 0 Å². The van der Waals surface area contributed by atoms with E-state index in [1.54, 1.807) is 11.7 Å². The molecule has 2 aromatic carbocycles. The third kappa shape index (κ3) is 3.83. The highest BCUT2D eigenvalue weighted by atomic mass is 16.5. The van der Waals surface area contributed by atoms with Crippen LogP contribution < -0.4 is 25.2 Å². The average molecular weight is 462 g/mol. The molecule has 3 aliphatic rings. The Morgan fingerprint density at radius 1 is 1.18 bits per heavy atom. The summed E-state index contributed by atoms with van der Waals surface area (Å²) in [6.45, 7) is 5.62. The minimum Gasteiger partial charge on any atom is -0.495 e. The molecule has 0 bridgehead atoms. The van der Waals surface area contributed by atoms with Crippen molar-refractivity contribution in [1.82, 2.24) is 9.88 Å². The molecule has 6 rings (SSSR count). The van der Waals surface area contributed by atoms with E-state index in [0.29, 0.717) is 17.4 Å². The number of benzene rings is 2. The van der Waals surface area contributed by atoms with Gasteiger partial charge in [-0.05, 0) is 61.0 Å². The van der Waals surface area contributed by atoms with Crippen LogP contribution in [-0.4, -0.2) is 57.2 Å². The summed E-state index contributed by atoms with van der Waals surface area (Å²) < 4.78 is 19.0. The van der Waals surface area contributed by atoms with Crippen LogP contribution >= 0.6 is 0 Å². The fraction of sp³-hybridized carbons (Fsp3) is 0.444. The zero-order valence-corrected chi connectivity index (χ0v) is 19.6. The maximum atomic E-state index is 13.3. The molecule has 1 N–H and O–H groups in total. The SMILES string of the molecule is COc1cc(-n2ccc3cc(OCC4CCCO4)ccc3c2=O)ccc1N1CCC2(CNC2)C1. The minimum absolute atomic E-state index is 0.0568. The monoisotopic (exact) mass is 461 g/mol. The molecule has 1 atom stereocenters. The number of methoxy groups -OCH3 is 1. The normalized spacial score (nSPS) is 21.2. The van der Waals surface area contributed by atoms with Gasteiger partial charge in [-0.2, -0.15) is 0 Å². The molecule has 3 fully saturated rings. The van der Waals surface area contributed by atoms with Gasteiger partial charge in [0.2, 0.25) is 0 Å². The number of pyridine rings is 1. The second kappa shape index (κ2) is 8.64. The fourth-order valence-corrected chi connectivity index (χ4v) is 5.47. The van der Waals surface area contributed by atoms with Gasteiger partial charge in [-0.25, -0.2) is 0 Å². The molecule has 1 aromatic heterocycles. The van der Waals surface area contributed by atoms with E-state index in [-0.39, 0.29) is 11.7 Å². The summed E-state index contributed by atoms with van der Waals surface area (Å²) >= 11 is 0. The standard InChI is InChI=1S/C27H31N3O4/c1-32-25-14-20(4-7-24(25)29-11-9-27(18-29)16-28-17-27)30-10-8-19-13-21(5-6-23(19)26(30)31)34-15-22-3-2-12-33-22/h4-8,10,13-14,22,28H,2-3,9,11-12,15-18H2,1H3. The van der Waals surface area contributed by atoms with Crippen molar-refractivity contribution in [3.63, 3.8) is 0 Å². The van der Waals surface area contributed by atoms with E-state index in [9.17, 15) is 4.79 Å². The van der Waals surface area contributed by atoms with Gasteiger partial charge in [0.05, 0.1) is 24.6 Å². The quantitative estimate of drug-likeness (QED) is 0.607. The molecule has 0 aliphatic carbocycles. The molecule has 1 spiro atoms. The summed E-state index contributed by atoms with van der Waals surface area (Å²) in [5.41, 5.74) is 2.24. The van der Waals surface area contributed by atoms with Gasteiger partial charge in [-0.1, -0.05) is 0 Å². The molecular formula is C27H31N3O4. The zero-order valence-electron chi connectivity index (χ0n) is 19.6. The van der Waals surface area contributed by atoms with Crippen LogP contribution in [-0.2, 0) is 4.74 Å². The van der Waals surface area contributed by atoms with Gasteiger partial charge < -0.3 is 24.4 Å². The van der Waals surface area contributed by atoms with Crippen molar-refractivity contribution < 1.29 is 14.2 Å². The number of ether oxygens (including phenoxy) is 3. The number of hydrogen-bond donors (Lipinski definition) is 1. The third-order valence-electron chi connectivity index (χ3n) is 7.56. The lowest BCUT2D eigenvalue weighted by Crippen LogP contribution is -2.54. The van der Waals surface area contributed by atoms with Crippen molar-refractivity contribution >= 4 is 16.5 Å². The van der Waals surface area contributed by atoms with Gasteiger partial charge in [-0.3, -0.25) is 9.36 Å². The summed E-state index contributed by atoms with van der Waals surface area (Å²) in [4.78, 5) is 15.7. The first-order chi connectivity index (χ1) is 16.6. The first-order valence-corrected chi connectivity index (χ1v) is 12.2. The molecule has 0 amide bonds. The highest BCUT2D eigenvalue weighted by Crippen LogP contribution is 2.40. The first kappa shape index (κ1) is 21.5. The van der Waals surface area contributed by atoms with Crippen molar-refractivity contribution in [3.05, 3.63) is 59.0 Å². The zero-order chi connectivity index (χ0) is 23.1. The smallest absolute Gasteiger partial charge is 0.262 e. The molecule has 7 heteroatoms. The molecule has 0 saturated carbocycles. The Morgan fingerprint density at radius 2 is 2.09 bits per heavy atom.